The van der Waals surface area contributed by atoms with Gasteiger partial charge in [-0.3, -0.25) is 9.59 Å². The molecule has 1 aliphatic rings. The first-order valence-electron chi connectivity index (χ1n) is 8.12. The standard InChI is InChI=1S/C20H20N2O4/c1-12-17(19(23)21-13-6-4-8-15(10-13)25-2)18(12)20(24)22-14-7-5-9-16(11-14)26-3/h4-11,17-18H,1H2,2-3H3,(H,21,23)(H,22,24)/t17-,18?/m1/s1. The Morgan fingerprint density at radius 2 is 1.27 bits per heavy atom. The molecule has 0 aliphatic heterocycles. The Morgan fingerprint density at radius 3 is 1.65 bits per heavy atom. The molecule has 2 amide bonds. The Hall–Kier alpha value is -3.28. The van der Waals surface area contributed by atoms with Crippen LogP contribution in [0.2, 0.25) is 0 Å². The molecule has 3 rings (SSSR count). The van der Waals surface area contributed by atoms with Gasteiger partial charge in [0.1, 0.15) is 11.5 Å². The fourth-order valence-corrected chi connectivity index (χ4v) is 2.80. The van der Waals surface area contributed by atoms with Crippen molar-refractivity contribution in [2.45, 2.75) is 0 Å². The van der Waals surface area contributed by atoms with E-state index in [-0.39, 0.29) is 11.8 Å². The zero-order valence-electron chi connectivity index (χ0n) is 14.6. The molecule has 1 unspecified atom stereocenters. The van der Waals surface area contributed by atoms with Crippen LogP contribution in [0.15, 0.2) is 60.7 Å². The molecule has 0 bridgehead atoms. The molecule has 0 spiro atoms. The molecule has 2 aromatic carbocycles. The average molecular weight is 352 g/mol. The third-order valence-corrected chi connectivity index (χ3v) is 4.26. The van der Waals surface area contributed by atoms with Gasteiger partial charge in [0.2, 0.25) is 11.8 Å². The molecule has 1 saturated carbocycles. The Morgan fingerprint density at radius 1 is 0.846 bits per heavy atom. The minimum absolute atomic E-state index is 0.256. The average Bonchev–Trinajstić information content (AvgIpc) is 3.33. The monoisotopic (exact) mass is 352 g/mol. The van der Waals surface area contributed by atoms with Crippen molar-refractivity contribution in [2.75, 3.05) is 24.9 Å². The van der Waals surface area contributed by atoms with Gasteiger partial charge in [-0.25, -0.2) is 0 Å². The number of carbonyl (C=O) groups excluding carboxylic acids is 2. The van der Waals surface area contributed by atoms with Crippen LogP contribution < -0.4 is 20.1 Å². The van der Waals surface area contributed by atoms with Crippen LogP contribution in [0.5, 0.6) is 11.5 Å². The summed E-state index contributed by atoms with van der Waals surface area (Å²) in [5, 5.41) is 5.59. The second-order valence-corrected chi connectivity index (χ2v) is 5.97. The van der Waals surface area contributed by atoms with Gasteiger partial charge in [0.15, 0.2) is 0 Å². The van der Waals surface area contributed by atoms with E-state index in [1.54, 1.807) is 62.8 Å². The molecule has 0 radical (unpaired) electrons. The number of hydrogen-bond acceptors (Lipinski definition) is 4. The Balaban J connectivity index is 1.62. The van der Waals surface area contributed by atoms with Crippen LogP contribution in [0, 0.1) is 11.8 Å². The number of amides is 2. The molecule has 1 fully saturated rings. The molecule has 134 valence electrons. The zero-order chi connectivity index (χ0) is 18.7. The minimum atomic E-state index is -0.535. The van der Waals surface area contributed by atoms with Gasteiger partial charge in [0.25, 0.3) is 0 Å². The SMILES string of the molecule is C=C1C(C(=O)Nc2cccc(OC)c2)[C@@H]1C(=O)Nc1cccc(OC)c1. The number of nitrogens with one attached hydrogen (secondary N) is 2. The number of ether oxygens (including phenoxy) is 2. The summed E-state index contributed by atoms with van der Waals surface area (Å²) in [6.07, 6.45) is 0. The van der Waals surface area contributed by atoms with Crippen molar-refractivity contribution in [3.8, 4) is 11.5 Å². The summed E-state index contributed by atoms with van der Waals surface area (Å²) >= 11 is 0. The zero-order valence-corrected chi connectivity index (χ0v) is 14.6. The van der Waals surface area contributed by atoms with E-state index in [0.717, 1.165) is 0 Å². The molecule has 2 aromatic rings. The third-order valence-electron chi connectivity index (χ3n) is 4.26. The summed E-state index contributed by atoms with van der Waals surface area (Å²) in [7, 11) is 3.12. The van der Waals surface area contributed by atoms with Gasteiger partial charge in [-0.05, 0) is 24.3 Å². The highest BCUT2D eigenvalue weighted by Crippen LogP contribution is 2.45. The molecule has 0 aromatic heterocycles. The normalized spacial score (nSPS) is 18.0. The van der Waals surface area contributed by atoms with E-state index in [9.17, 15) is 9.59 Å². The van der Waals surface area contributed by atoms with Gasteiger partial charge in [0.05, 0.1) is 26.1 Å². The van der Waals surface area contributed by atoms with Gasteiger partial charge in [-0.1, -0.05) is 24.3 Å². The van der Waals surface area contributed by atoms with Crippen molar-refractivity contribution in [1.82, 2.24) is 0 Å². The molecular weight excluding hydrogens is 332 g/mol. The fourth-order valence-electron chi connectivity index (χ4n) is 2.80. The maximum Gasteiger partial charge on any atom is 0.232 e. The van der Waals surface area contributed by atoms with Crippen molar-refractivity contribution in [2.24, 2.45) is 11.8 Å². The van der Waals surface area contributed by atoms with Crippen LogP contribution in [-0.4, -0.2) is 26.0 Å². The molecule has 1 aliphatic carbocycles. The highest BCUT2D eigenvalue weighted by atomic mass is 16.5. The highest BCUT2D eigenvalue weighted by Gasteiger charge is 2.52. The summed E-state index contributed by atoms with van der Waals surface area (Å²) in [6.45, 7) is 3.85. The molecule has 26 heavy (non-hydrogen) atoms. The smallest absolute Gasteiger partial charge is 0.232 e. The van der Waals surface area contributed by atoms with Gasteiger partial charge < -0.3 is 20.1 Å². The van der Waals surface area contributed by atoms with Crippen LogP contribution in [0.25, 0.3) is 0 Å². The van der Waals surface area contributed by atoms with Gasteiger partial charge in [0, 0.05) is 23.5 Å². The number of hydrogen-bond donors (Lipinski definition) is 2. The van der Waals surface area contributed by atoms with Crippen LogP contribution >= 0.6 is 0 Å². The first-order valence-corrected chi connectivity index (χ1v) is 8.12. The number of rotatable bonds is 6. The van der Waals surface area contributed by atoms with E-state index >= 15 is 0 Å². The van der Waals surface area contributed by atoms with E-state index in [2.05, 4.69) is 17.2 Å². The number of methoxy groups -OCH3 is 2. The molecular formula is C20H20N2O4. The Labute approximate surface area is 151 Å². The van der Waals surface area contributed by atoms with Gasteiger partial charge in [-0.2, -0.15) is 0 Å². The third kappa shape index (κ3) is 3.69. The van der Waals surface area contributed by atoms with Crippen molar-refractivity contribution in [1.29, 1.82) is 0 Å². The molecule has 0 saturated heterocycles. The van der Waals surface area contributed by atoms with Crippen LogP contribution in [0.1, 0.15) is 0 Å². The quantitative estimate of drug-likeness (QED) is 0.784. The molecule has 0 heterocycles. The number of carbonyl (C=O) groups is 2. The fraction of sp³-hybridized carbons (Fsp3) is 0.200. The second kappa shape index (κ2) is 7.31. The lowest BCUT2D eigenvalue weighted by molar-refractivity contribution is -0.122. The highest BCUT2D eigenvalue weighted by molar-refractivity contribution is 6.08. The lowest BCUT2D eigenvalue weighted by Crippen LogP contribution is -2.20. The Bertz CT molecular complexity index is 793. The Kier molecular flexibility index (Phi) is 4.93. The first-order chi connectivity index (χ1) is 12.5. The predicted molar refractivity (Wildman–Crippen MR) is 99.4 cm³/mol. The maximum absolute atomic E-state index is 12.4. The minimum Gasteiger partial charge on any atom is -0.497 e. The maximum atomic E-state index is 12.4. The summed E-state index contributed by atoms with van der Waals surface area (Å²) in [5.74, 6) is -0.295. The lowest BCUT2D eigenvalue weighted by Gasteiger charge is -2.08. The van der Waals surface area contributed by atoms with Crippen molar-refractivity contribution in [3.05, 3.63) is 60.7 Å². The van der Waals surface area contributed by atoms with Crippen molar-refractivity contribution >= 4 is 23.2 Å². The van der Waals surface area contributed by atoms with E-state index in [0.29, 0.717) is 28.4 Å². The largest absolute Gasteiger partial charge is 0.497 e. The summed E-state index contributed by atoms with van der Waals surface area (Å²) in [5.41, 5.74) is 1.83. The van der Waals surface area contributed by atoms with Crippen LogP contribution in [-0.2, 0) is 9.59 Å². The van der Waals surface area contributed by atoms with Crippen LogP contribution in [0.4, 0.5) is 11.4 Å². The van der Waals surface area contributed by atoms with Gasteiger partial charge >= 0.3 is 0 Å². The van der Waals surface area contributed by atoms with E-state index < -0.39 is 11.8 Å². The van der Waals surface area contributed by atoms with E-state index in [1.807, 2.05) is 0 Å². The van der Waals surface area contributed by atoms with E-state index in [4.69, 9.17) is 9.47 Å². The first kappa shape index (κ1) is 17.5. The summed E-state index contributed by atoms with van der Waals surface area (Å²) in [6, 6.07) is 14.1. The topological polar surface area (TPSA) is 76.7 Å². The number of benzene rings is 2. The van der Waals surface area contributed by atoms with Crippen molar-refractivity contribution < 1.29 is 19.1 Å². The lowest BCUT2D eigenvalue weighted by atomic mass is 10.2. The predicted octanol–water partition coefficient (Wildman–Crippen LogP) is 3.08. The van der Waals surface area contributed by atoms with Crippen molar-refractivity contribution in [3.63, 3.8) is 0 Å². The number of anilines is 2. The molecule has 6 heteroatoms. The summed E-state index contributed by atoms with van der Waals surface area (Å²) < 4.78 is 10.3. The molecule has 6 nitrogen and oxygen atoms in total. The van der Waals surface area contributed by atoms with E-state index in [1.165, 1.54) is 0 Å². The van der Waals surface area contributed by atoms with Gasteiger partial charge in [-0.15, -0.1) is 0 Å². The van der Waals surface area contributed by atoms with Crippen LogP contribution in [0.3, 0.4) is 0 Å². The second-order valence-electron chi connectivity index (χ2n) is 5.97. The molecule has 2 atom stereocenters. The summed E-state index contributed by atoms with van der Waals surface area (Å²) in [4.78, 5) is 24.9. The molecule has 2 N–H and O–H groups in total.